The first-order valence-electron chi connectivity index (χ1n) is 5.08. The number of benzene rings is 1. The summed E-state index contributed by atoms with van der Waals surface area (Å²) in [5.41, 5.74) is 0.0480. The highest BCUT2D eigenvalue weighted by atomic mass is 19.1. The summed E-state index contributed by atoms with van der Waals surface area (Å²) < 4.78 is 25.7. The number of hydrogen-bond acceptors (Lipinski definition) is 2. The third-order valence-corrected chi connectivity index (χ3v) is 2.48. The lowest BCUT2D eigenvalue weighted by atomic mass is 10.1. The Hall–Kier alpha value is -1.98. The van der Waals surface area contributed by atoms with E-state index < -0.39 is 23.5 Å². The van der Waals surface area contributed by atoms with Gasteiger partial charge in [-0.15, -0.1) is 0 Å². The fourth-order valence-corrected chi connectivity index (χ4v) is 1.66. The highest BCUT2D eigenvalue weighted by Gasteiger charge is 2.27. The molecule has 1 unspecified atom stereocenters. The maximum absolute atomic E-state index is 12.9. The highest BCUT2D eigenvalue weighted by Crippen LogP contribution is 2.16. The molecule has 1 aromatic rings. The van der Waals surface area contributed by atoms with Gasteiger partial charge < -0.3 is 10.6 Å². The van der Waals surface area contributed by atoms with Gasteiger partial charge in [0, 0.05) is 24.7 Å². The molecule has 1 saturated heterocycles. The van der Waals surface area contributed by atoms with Gasteiger partial charge in [0.05, 0.1) is 5.92 Å². The zero-order chi connectivity index (χ0) is 12.4. The predicted octanol–water partition coefficient (Wildman–Crippen LogP) is 1.04. The topological polar surface area (TPSA) is 58.2 Å². The molecule has 1 aliphatic rings. The molecule has 2 amide bonds. The van der Waals surface area contributed by atoms with E-state index in [1.807, 2.05) is 0 Å². The lowest BCUT2D eigenvalue weighted by molar-refractivity contribution is -0.123. The quantitative estimate of drug-likeness (QED) is 0.811. The van der Waals surface area contributed by atoms with E-state index in [9.17, 15) is 18.4 Å². The van der Waals surface area contributed by atoms with Gasteiger partial charge in [-0.2, -0.15) is 0 Å². The van der Waals surface area contributed by atoms with Gasteiger partial charge in [0.25, 0.3) is 0 Å². The normalized spacial score (nSPS) is 18.9. The molecule has 0 aromatic heterocycles. The molecule has 1 aliphatic heterocycles. The van der Waals surface area contributed by atoms with Crippen LogP contribution in [0.1, 0.15) is 6.42 Å². The minimum absolute atomic E-state index is 0.0480. The molecule has 0 radical (unpaired) electrons. The lowest BCUT2D eigenvalue weighted by Gasteiger charge is -2.09. The van der Waals surface area contributed by atoms with Crippen molar-refractivity contribution in [3.8, 4) is 0 Å². The molecule has 90 valence electrons. The third kappa shape index (κ3) is 2.77. The molecule has 0 spiro atoms. The van der Waals surface area contributed by atoms with Crippen molar-refractivity contribution in [1.29, 1.82) is 0 Å². The summed E-state index contributed by atoms with van der Waals surface area (Å²) in [4.78, 5) is 22.5. The molecular weight excluding hydrogens is 230 g/mol. The van der Waals surface area contributed by atoms with Crippen LogP contribution in [0.3, 0.4) is 0 Å². The van der Waals surface area contributed by atoms with Crippen LogP contribution in [0.5, 0.6) is 0 Å². The van der Waals surface area contributed by atoms with Crippen molar-refractivity contribution < 1.29 is 18.4 Å². The molecule has 2 rings (SSSR count). The molecular formula is C11H10F2N2O2. The fraction of sp³-hybridized carbons (Fsp3) is 0.273. The molecule has 1 fully saturated rings. The number of amides is 2. The van der Waals surface area contributed by atoms with Gasteiger partial charge in [0.15, 0.2) is 0 Å². The van der Waals surface area contributed by atoms with Gasteiger partial charge in [-0.1, -0.05) is 0 Å². The monoisotopic (exact) mass is 240 g/mol. The third-order valence-electron chi connectivity index (χ3n) is 2.48. The Morgan fingerprint density at radius 3 is 2.47 bits per heavy atom. The predicted molar refractivity (Wildman–Crippen MR) is 56.1 cm³/mol. The summed E-state index contributed by atoms with van der Waals surface area (Å²) in [7, 11) is 0. The van der Waals surface area contributed by atoms with Crippen molar-refractivity contribution in [2.45, 2.75) is 6.42 Å². The van der Waals surface area contributed by atoms with E-state index in [4.69, 9.17) is 0 Å². The van der Waals surface area contributed by atoms with Crippen LogP contribution in [0.4, 0.5) is 14.5 Å². The maximum Gasteiger partial charge on any atom is 0.229 e. The SMILES string of the molecule is O=C1CC(C(=O)Nc2cc(F)cc(F)c2)CN1. The van der Waals surface area contributed by atoms with Crippen LogP contribution in [-0.2, 0) is 9.59 Å². The number of carbonyl (C=O) groups excluding carboxylic acids is 2. The number of anilines is 1. The van der Waals surface area contributed by atoms with E-state index in [0.717, 1.165) is 18.2 Å². The highest BCUT2D eigenvalue weighted by molar-refractivity contribution is 5.97. The fourth-order valence-electron chi connectivity index (χ4n) is 1.66. The molecule has 6 heteroatoms. The van der Waals surface area contributed by atoms with Gasteiger partial charge >= 0.3 is 0 Å². The Kier molecular flexibility index (Phi) is 3.03. The van der Waals surface area contributed by atoms with Crippen LogP contribution in [-0.4, -0.2) is 18.4 Å². The van der Waals surface area contributed by atoms with Crippen molar-refractivity contribution in [3.63, 3.8) is 0 Å². The number of rotatable bonds is 2. The minimum atomic E-state index is -0.763. The second-order valence-electron chi connectivity index (χ2n) is 3.85. The van der Waals surface area contributed by atoms with Crippen LogP contribution < -0.4 is 10.6 Å². The summed E-state index contributed by atoms with van der Waals surface area (Å²) in [6.07, 6.45) is 0.101. The zero-order valence-electron chi connectivity index (χ0n) is 8.80. The summed E-state index contributed by atoms with van der Waals surface area (Å²) >= 11 is 0. The average molecular weight is 240 g/mol. The van der Waals surface area contributed by atoms with Crippen LogP contribution in [0.15, 0.2) is 18.2 Å². The average Bonchev–Trinajstić information content (AvgIpc) is 2.63. The molecule has 1 heterocycles. The Balaban J connectivity index is 2.05. The molecule has 0 aliphatic carbocycles. The standard InChI is InChI=1S/C11H10F2N2O2/c12-7-2-8(13)4-9(3-7)15-11(17)6-1-10(16)14-5-6/h2-4,6H,1,5H2,(H,14,16)(H,15,17). The zero-order valence-corrected chi connectivity index (χ0v) is 8.80. The van der Waals surface area contributed by atoms with Crippen molar-refractivity contribution in [2.75, 3.05) is 11.9 Å². The van der Waals surface area contributed by atoms with Crippen molar-refractivity contribution >= 4 is 17.5 Å². The Labute approximate surface area is 96.0 Å². The van der Waals surface area contributed by atoms with Crippen LogP contribution in [0.2, 0.25) is 0 Å². The Bertz CT molecular complexity index is 456. The van der Waals surface area contributed by atoms with E-state index >= 15 is 0 Å². The largest absolute Gasteiger partial charge is 0.355 e. The Morgan fingerprint density at radius 1 is 1.29 bits per heavy atom. The van der Waals surface area contributed by atoms with Gasteiger partial charge in [0.2, 0.25) is 11.8 Å². The number of nitrogens with one attached hydrogen (secondary N) is 2. The number of halogens is 2. The Morgan fingerprint density at radius 2 is 1.94 bits per heavy atom. The van der Waals surface area contributed by atoms with Crippen LogP contribution in [0, 0.1) is 17.6 Å². The van der Waals surface area contributed by atoms with Crippen LogP contribution >= 0.6 is 0 Å². The minimum Gasteiger partial charge on any atom is -0.355 e. The molecule has 2 N–H and O–H groups in total. The van der Waals surface area contributed by atoms with Crippen LogP contribution in [0.25, 0.3) is 0 Å². The summed E-state index contributed by atoms with van der Waals surface area (Å²) in [5.74, 6) is -2.64. The second-order valence-corrected chi connectivity index (χ2v) is 3.85. The van der Waals surface area contributed by atoms with Gasteiger partial charge in [-0.05, 0) is 12.1 Å². The number of hydrogen-bond donors (Lipinski definition) is 2. The first-order valence-corrected chi connectivity index (χ1v) is 5.08. The molecule has 1 aromatic carbocycles. The molecule has 4 nitrogen and oxygen atoms in total. The summed E-state index contributed by atoms with van der Waals surface area (Å²) in [6.45, 7) is 0.252. The van der Waals surface area contributed by atoms with Crippen molar-refractivity contribution in [1.82, 2.24) is 5.32 Å². The van der Waals surface area contributed by atoms with Gasteiger partial charge in [0.1, 0.15) is 11.6 Å². The van der Waals surface area contributed by atoms with E-state index in [-0.39, 0.29) is 24.6 Å². The smallest absolute Gasteiger partial charge is 0.229 e. The molecule has 0 saturated carbocycles. The first-order chi connectivity index (χ1) is 8.04. The molecule has 1 atom stereocenters. The molecule has 0 bridgehead atoms. The summed E-state index contributed by atoms with van der Waals surface area (Å²) in [5, 5.41) is 4.89. The van der Waals surface area contributed by atoms with Crippen molar-refractivity contribution in [2.24, 2.45) is 5.92 Å². The van der Waals surface area contributed by atoms with Gasteiger partial charge in [-0.25, -0.2) is 8.78 Å². The molecule has 17 heavy (non-hydrogen) atoms. The van der Waals surface area contributed by atoms with Crippen molar-refractivity contribution in [3.05, 3.63) is 29.8 Å². The number of carbonyl (C=O) groups is 2. The first kappa shape index (κ1) is 11.5. The van der Waals surface area contributed by atoms with E-state index in [1.54, 1.807) is 0 Å². The van der Waals surface area contributed by atoms with E-state index in [1.165, 1.54) is 0 Å². The van der Waals surface area contributed by atoms with E-state index in [0.29, 0.717) is 0 Å². The maximum atomic E-state index is 12.9. The lowest BCUT2D eigenvalue weighted by Crippen LogP contribution is -2.24. The second kappa shape index (κ2) is 4.48. The summed E-state index contributed by atoms with van der Waals surface area (Å²) in [6, 6.07) is 2.76. The van der Waals surface area contributed by atoms with E-state index in [2.05, 4.69) is 10.6 Å². The van der Waals surface area contributed by atoms with Gasteiger partial charge in [-0.3, -0.25) is 9.59 Å².